The number of unbranched alkanes of at least 4 members (excludes halogenated alkanes) is 15. The van der Waals surface area contributed by atoms with E-state index in [4.69, 9.17) is 0 Å². The fourth-order valence-corrected chi connectivity index (χ4v) is 6.85. The van der Waals surface area contributed by atoms with Crippen LogP contribution in [0.15, 0.2) is 48.5 Å². The number of fused-ring (bicyclic) bond motifs is 1. The quantitative estimate of drug-likeness (QED) is 0.121. The third kappa shape index (κ3) is 15.7. The molecule has 0 amide bonds. The van der Waals surface area contributed by atoms with Crippen LogP contribution in [0.1, 0.15) is 139 Å². The summed E-state index contributed by atoms with van der Waals surface area (Å²) < 4.78 is 0. The van der Waals surface area contributed by atoms with E-state index in [1.54, 1.807) is 5.56 Å². The van der Waals surface area contributed by atoms with Crippen molar-refractivity contribution in [3.63, 3.8) is 0 Å². The Hall–Kier alpha value is -0.0188. The maximum Gasteiger partial charge on any atom is 4.00 e. The third-order valence-corrected chi connectivity index (χ3v) is 8.87. The molecule has 0 bridgehead atoms. The van der Waals surface area contributed by atoms with Gasteiger partial charge < -0.3 is 37.2 Å². The number of allylic oxidation sites excluding steroid dienone is 1. The fraction of sp³-hybridized carbons (Fsp3) is 0.588. The number of halogens is 3. The molecule has 0 spiro atoms. The first-order valence-electron chi connectivity index (χ1n) is 14.9. The van der Waals surface area contributed by atoms with Gasteiger partial charge in [-0.25, -0.2) is 5.20 Å². The van der Waals surface area contributed by atoms with Gasteiger partial charge in [0.25, 0.3) is 0 Å². The Labute approximate surface area is 277 Å². The molecule has 0 fully saturated rings. The van der Waals surface area contributed by atoms with Gasteiger partial charge >= 0.3 is 21.7 Å². The van der Waals surface area contributed by atoms with E-state index < -0.39 is 0 Å². The molecule has 2 radical (unpaired) electrons. The van der Waals surface area contributed by atoms with Gasteiger partial charge in [0, 0.05) is 0 Å². The molecular weight excluding hydrogens is 591 g/mol. The van der Waals surface area contributed by atoms with E-state index in [9.17, 15) is 0 Å². The molecule has 1 aliphatic carbocycles. The van der Waals surface area contributed by atoms with Crippen LogP contribution in [0.4, 0.5) is 0 Å². The Morgan fingerprint density at radius 1 is 0.615 bits per heavy atom. The zero-order valence-corrected chi connectivity index (χ0v) is 29.2. The molecule has 1 aliphatic rings. The molecule has 1 unspecified atom stereocenters. The monoisotopic (exact) mass is 638 g/mol. The minimum absolute atomic E-state index is 0. The molecule has 5 heteroatoms. The van der Waals surface area contributed by atoms with Crippen LogP contribution in [0.25, 0.3) is 5.20 Å². The molecule has 1 atom stereocenters. The molecular formula is C34H49Cl3SiTi. The van der Waals surface area contributed by atoms with E-state index in [0.29, 0.717) is 15.4 Å². The minimum Gasteiger partial charge on any atom is -1.00 e. The molecule has 0 aromatic heterocycles. The molecule has 0 N–H and O–H groups in total. The molecule has 0 aliphatic heterocycles. The van der Waals surface area contributed by atoms with Gasteiger partial charge in [-0.1, -0.05) is 176 Å². The van der Waals surface area contributed by atoms with Gasteiger partial charge in [0.2, 0.25) is 0 Å². The van der Waals surface area contributed by atoms with Crippen LogP contribution in [-0.4, -0.2) is 9.52 Å². The van der Waals surface area contributed by atoms with Crippen molar-refractivity contribution in [2.75, 3.05) is 0 Å². The van der Waals surface area contributed by atoms with E-state index in [2.05, 4.69) is 68.5 Å². The van der Waals surface area contributed by atoms with Gasteiger partial charge in [-0.05, 0) is 6.42 Å². The van der Waals surface area contributed by atoms with Crippen LogP contribution >= 0.6 is 0 Å². The Balaban J connectivity index is 0. The Morgan fingerprint density at radius 3 is 1.62 bits per heavy atom. The molecule has 39 heavy (non-hydrogen) atoms. The summed E-state index contributed by atoms with van der Waals surface area (Å²) in [5, 5.41) is 2.87. The predicted octanol–water partition coefficient (Wildman–Crippen LogP) is 0.791. The van der Waals surface area contributed by atoms with Gasteiger partial charge in [-0.15, -0.1) is 11.1 Å². The van der Waals surface area contributed by atoms with Crippen LogP contribution in [0.3, 0.4) is 0 Å². The normalized spacial score (nSPS) is 13.3. The van der Waals surface area contributed by atoms with E-state index >= 15 is 0 Å². The predicted molar refractivity (Wildman–Crippen MR) is 157 cm³/mol. The van der Waals surface area contributed by atoms with Gasteiger partial charge in [0.1, 0.15) is 0 Å². The number of benzene rings is 2. The molecule has 214 valence electrons. The van der Waals surface area contributed by atoms with Crippen molar-refractivity contribution < 1.29 is 58.9 Å². The third-order valence-electron chi connectivity index (χ3n) is 7.60. The van der Waals surface area contributed by atoms with Crippen LogP contribution in [0, 0.1) is 6.08 Å². The van der Waals surface area contributed by atoms with Gasteiger partial charge in [-0.2, -0.15) is 5.56 Å². The number of hydrogen-bond donors (Lipinski definition) is 0. The second-order valence-electron chi connectivity index (χ2n) is 10.7. The number of rotatable bonds is 19. The first-order valence-corrected chi connectivity index (χ1v) is 15.9. The maximum atomic E-state index is 3.79. The Bertz CT molecular complexity index is 872. The van der Waals surface area contributed by atoms with Crippen molar-refractivity contribution >= 4 is 19.9 Å². The van der Waals surface area contributed by atoms with Gasteiger partial charge in [0.15, 0.2) is 0 Å². The standard InChI is InChI=1S/C34H49Si.3ClH.Ti/c1-3-4-5-6-7-8-9-10-11-12-13-14-15-16-17-19-23-30-24-22-27-32-29(2)28-33(34(30)32)35-31-25-20-18-21-26-31;;;;/h18,20-22,24-27,29H,3-17,19,23H2,1-2H3;3*1H;/q-1;;;;+4/p-3. The van der Waals surface area contributed by atoms with Crippen LogP contribution in [0.5, 0.6) is 0 Å². The van der Waals surface area contributed by atoms with Gasteiger partial charge in [0.05, 0.1) is 9.52 Å². The SMILES string of the molecule is CCCCCCCCCCCCCCCCCCc1cccc2c1C([Si]c1ccccc1)=[C-]C2C.[Cl-].[Cl-].[Cl-].[Ti+4]. The van der Waals surface area contributed by atoms with E-state index in [1.807, 2.05) is 0 Å². The number of aryl methyl sites for hydroxylation is 1. The van der Waals surface area contributed by atoms with Crippen LogP contribution in [-0.2, 0) is 28.1 Å². The van der Waals surface area contributed by atoms with Crippen molar-refractivity contribution in [3.8, 4) is 0 Å². The Morgan fingerprint density at radius 2 is 1.10 bits per heavy atom. The Kier molecular flexibility index (Phi) is 27.1. The van der Waals surface area contributed by atoms with Crippen LogP contribution in [0.2, 0.25) is 0 Å². The van der Waals surface area contributed by atoms with Crippen molar-refractivity contribution in [2.45, 2.75) is 129 Å². The maximum absolute atomic E-state index is 3.79. The summed E-state index contributed by atoms with van der Waals surface area (Å²) >= 11 is 0. The summed E-state index contributed by atoms with van der Waals surface area (Å²) in [5.74, 6) is 0.432. The molecule has 3 rings (SSSR count). The molecule has 0 nitrogen and oxygen atoms in total. The second kappa shape index (κ2) is 25.7. The van der Waals surface area contributed by atoms with Gasteiger partial charge in [-0.3, -0.25) is 6.08 Å². The number of hydrogen-bond acceptors (Lipinski definition) is 0. The average molecular weight is 640 g/mol. The summed E-state index contributed by atoms with van der Waals surface area (Å²) in [6, 6.07) is 17.9. The zero-order valence-electron chi connectivity index (χ0n) is 24.4. The minimum atomic E-state index is 0. The molecule has 0 saturated carbocycles. The summed E-state index contributed by atoms with van der Waals surface area (Å²) in [4.78, 5) is 0. The molecule has 2 aromatic rings. The van der Waals surface area contributed by atoms with Crippen molar-refractivity contribution in [2.24, 2.45) is 0 Å². The fourth-order valence-electron chi connectivity index (χ4n) is 5.49. The first-order chi connectivity index (χ1) is 17.3. The van der Waals surface area contributed by atoms with E-state index in [-0.39, 0.29) is 58.9 Å². The zero-order chi connectivity index (χ0) is 24.6. The molecule has 2 aromatic carbocycles. The van der Waals surface area contributed by atoms with Crippen LogP contribution < -0.4 is 42.4 Å². The smallest absolute Gasteiger partial charge is 1.00 e. The van der Waals surface area contributed by atoms with Crippen molar-refractivity contribution in [1.82, 2.24) is 0 Å². The summed E-state index contributed by atoms with van der Waals surface area (Å²) in [5.41, 5.74) is 4.59. The summed E-state index contributed by atoms with van der Waals surface area (Å²) in [6.07, 6.45) is 27.9. The molecule has 0 heterocycles. The molecule has 0 saturated heterocycles. The van der Waals surface area contributed by atoms with Crippen molar-refractivity contribution in [1.29, 1.82) is 0 Å². The first kappa shape index (κ1) is 41.1. The second-order valence-corrected chi connectivity index (χ2v) is 12.0. The largest absolute Gasteiger partial charge is 4.00 e. The van der Waals surface area contributed by atoms with E-state index in [1.165, 1.54) is 131 Å². The summed E-state index contributed by atoms with van der Waals surface area (Å²) in [6.45, 7) is 4.61. The van der Waals surface area contributed by atoms with E-state index in [0.717, 1.165) is 0 Å². The topological polar surface area (TPSA) is 0 Å². The summed E-state index contributed by atoms with van der Waals surface area (Å²) in [7, 11) is 0.717. The average Bonchev–Trinajstić information content (AvgIpc) is 3.20. The van der Waals surface area contributed by atoms with Crippen molar-refractivity contribution in [3.05, 3.63) is 71.3 Å².